The summed E-state index contributed by atoms with van der Waals surface area (Å²) in [5, 5.41) is 12.8. The molecule has 0 aromatic heterocycles. The van der Waals surface area contributed by atoms with Crippen molar-refractivity contribution >= 4 is 39.6 Å². The van der Waals surface area contributed by atoms with E-state index in [9.17, 15) is 18.5 Å². The van der Waals surface area contributed by atoms with Gasteiger partial charge in [-0.05, 0) is 95.3 Å². The molecule has 6 heteroatoms. The molecule has 0 saturated heterocycles. The maximum atomic E-state index is 14.1. The van der Waals surface area contributed by atoms with Gasteiger partial charge in [0.15, 0.2) is 0 Å². The van der Waals surface area contributed by atoms with Gasteiger partial charge in [0.2, 0.25) is 5.91 Å². The molecule has 1 aliphatic rings. The summed E-state index contributed by atoms with van der Waals surface area (Å²) in [7, 11) is -1.05. The minimum Gasteiger partial charge on any atom is -0.506 e. The predicted molar refractivity (Wildman–Crippen MR) is 132 cm³/mol. The van der Waals surface area contributed by atoms with Gasteiger partial charge in [0.1, 0.15) is 11.6 Å². The van der Waals surface area contributed by atoms with Gasteiger partial charge in [-0.15, -0.1) is 0 Å². The van der Waals surface area contributed by atoms with Crippen LogP contribution in [0.4, 0.5) is 10.1 Å². The number of carbonyl (C=O) groups is 1. The number of hydrogen-bond acceptors (Lipinski definition) is 3. The third-order valence-corrected chi connectivity index (χ3v) is 6.68. The van der Waals surface area contributed by atoms with E-state index in [2.05, 4.69) is 5.32 Å². The minimum absolute atomic E-state index is 0.00504. The molecule has 1 amide bonds. The van der Waals surface area contributed by atoms with Crippen molar-refractivity contribution in [1.82, 2.24) is 0 Å². The number of carbonyl (C=O) groups excluding carboxylic acids is 1. The smallest absolute Gasteiger partial charge is 0.228 e. The molecule has 4 nitrogen and oxygen atoms in total. The summed E-state index contributed by atoms with van der Waals surface area (Å²) in [5.74, 6) is -0.669. The number of rotatable bonds is 5. The Kier molecular flexibility index (Phi) is 6.29. The number of hydrogen-bond donors (Lipinski definition) is 2. The fourth-order valence-corrected chi connectivity index (χ4v) is 4.53. The second-order valence-electron chi connectivity index (χ2n) is 8.12. The summed E-state index contributed by atoms with van der Waals surface area (Å²) >= 11 is 0. The van der Waals surface area contributed by atoms with Crippen molar-refractivity contribution in [1.29, 1.82) is 0 Å². The molecule has 0 fully saturated rings. The van der Waals surface area contributed by atoms with Gasteiger partial charge in [0.25, 0.3) is 0 Å². The van der Waals surface area contributed by atoms with Gasteiger partial charge in [-0.1, -0.05) is 24.3 Å². The highest BCUT2D eigenvalue weighted by Gasteiger charge is 2.26. The van der Waals surface area contributed by atoms with Crippen molar-refractivity contribution in [2.75, 3.05) is 11.6 Å². The lowest BCUT2D eigenvalue weighted by atomic mass is 10.0. The summed E-state index contributed by atoms with van der Waals surface area (Å²) in [6, 6.07) is 17.0. The van der Waals surface area contributed by atoms with Crippen molar-refractivity contribution < 1.29 is 18.5 Å². The molecule has 4 rings (SSSR count). The van der Waals surface area contributed by atoms with Crippen LogP contribution >= 0.6 is 0 Å². The lowest BCUT2D eigenvalue weighted by Crippen LogP contribution is -2.12. The largest absolute Gasteiger partial charge is 0.506 e. The number of anilines is 1. The van der Waals surface area contributed by atoms with Gasteiger partial charge in [-0.2, -0.15) is 0 Å². The van der Waals surface area contributed by atoms with Crippen molar-refractivity contribution in [2.45, 2.75) is 25.2 Å². The Hall–Kier alpha value is -3.51. The highest BCUT2D eigenvalue weighted by molar-refractivity contribution is 7.84. The Morgan fingerprint density at radius 3 is 2.45 bits per heavy atom. The Balaban J connectivity index is 1.68. The van der Waals surface area contributed by atoms with Crippen LogP contribution in [0.5, 0.6) is 5.75 Å². The Morgan fingerprint density at radius 1 is 1.03 bits per heavy atom. The second kappa shape index (κ2) is 9.16. The number of amides is 1. The van der Waals surface area contributed by atoms with Crippen LogP contribution < -0.4 is 5.32 Å². The van der Waals surface area contributed by atoms with Crippen LogP contribution in [0.2, 0.25) is 0 Å². The number of allylic oxidation sites excluding steroid dienone is 2. The van der Waals surface area contributed by atoms with E-state index in [-0.39, 0.29) is 23.9 Å². The van der Waals surface area contributed by atoms with E-state index in [4.69, 9.17) is 0 Å². The van der Waals surface area contributed by atoms with Gasteiger partial charge >= 0.3 is 0 Å². The first-order valence-electron chi connectivity index (χ1n) is 10.5. The quantitative estimate of drug-likeness (QED) is 0.463. The zero-order chi connectivity index (χ0) is 23.7. The maximum Gasteiger partial charge on any atom is 0.228 e. The monoisotopic (exact) mass is 461 g/mol. The number of fused-ring (bicyclic) bond motifs is 1. The zero-order valence-electron chi connectivity index (χ0n) is 18.6. The molecule has 1 unspecified atom stereocenters. The second-order valence-corrected chi connectivity index (χ2v) is 9.50. The molecule has 1 aliphatic carbocycles. The number of benzene rings is 3. The normalized spacial score (nSPS) is 15.0. The summed E-state index contributed by atoms with van der Waals surface area (Å²) in [6.07, 6.45) is 3.67. The molecule has 168 valence electrons. The van der Waals surface area contributed by atoms with Gasteiger partial charge in [-0.3, -0.25) is 9.00 Å². The molecule has 3 aromatic rings. The average molecular weight is 462 g/mol. The average Bonchev–Trinajstić information content (AvgIpc) is 3.01. The first-order chi connectivity index (χ1) is 15.7. The number of aryl methyl sites for hydroxylation is 1. The van der Waals surface area contributed by atoms with Crippen LogP contribution in [0.25, 0.3) is 17.2 Å². The van der Waals surface area contributed by atoms with Gasteiger partial charge in [-0.25, -0.2) is 4.39 Å². The topological polar surface area (TPSA) is 66.4 Å². The molecule has 0 bridgehead atoms. The van der Waals surface area contributed by atoms with Gasteiger partial charge in [0, 0.05) is 22.0 Å². The fourth-order valence-electron chi connectivity index (χ4n) is 4.01. The molecule has 33 heavy (non-hydrogen) atoms. The molecule has 0 spiro atoms. The van der Waals surface area contributed by atoms with Crippen LogP contribution in [0.1, 0.15) is 35.6 Å². The molecule has 1 atom stereocenters. The van der Waals surface area contributed by atoms with Crippen LogP contribution in [0, 0.1) is 12.7 Å². The Labute approximate surface area is 194 Å². The van der Waals surface area contributed by atoms with E-state index in [0.717, 1.165) is 38.3 Å². The van der Waals surface area contributed by atoms with E-state index < -0.39 is 10.8 Å². The number of phenols is 1. The molecule has 0 radical (unpaired) electrons. The van der Waals surface area contributed by atoms with Crippen molar-refractivity contribution in [3.8, 4) is 5.75 Å². The standard InChI is InChI=1S/C27H24FNO3S/c1-16-4-11-26(30)25(12-16)29-27(31)15-23-17(2)22(21-10-7-19(28)14-24(21)23)13-18-5-8-20(9-6-18)33(3)32/h4-14,30H,15H2,1-3H3,(H,29,31). The SMILES string of the molecule is CC1=C(CC(=O)Nc2cc(C)ccc2O)c2cc(F)ccc2C1=Cc1ccc(S(C)=O)cc1. The van der Waals surface area contributed by atoms with Gasteiger partial charge < -0.3 is 10.4 Å². The van der Waals surface area contributed by atoms with Gasteiger partial charge in [0.05, 0.1) is 12.1 Å². The predicted octanol–water partition coefficient (Wildman–Crippen LogP) is 5.93. The number of halogens is 1. The zero-order valence-corrected chi connectivity index (χ0v) is 19.4. The molecular weight excluding hydrogens is 437 g/mol. The fraction of sp³-hybridized carbons (Fsp3) is 0.148. The number of phenolic OH excluding ortho intramolecular Hbond substituents is 1. The van der Waals surface area contributed by atoms with E-state index >= 15 is 0 Å². The third kappa shape index (κ3) is 4.81. The minimum atomic E-state index is -1.05. The van der Waals surface area contributed by atoms with Crippen molar-refractivity contribution in [3.05, 3.63) is 94.3 Å². The molecule has 0 heterocycles. The van der Waals surface area contributed by atoms with Crippen molar-refractivity contribution in [2.24, 2.45) is 0 Å². The number of aromatic hydroxyl groups is 1. The van der Waals surface area contributed by atoms with Crippen LogP contribution in [-0.4, -0.2) is 21.5 Å². The summed E-state index contributed by atoms with van der Waals surface area (Å²) in [4.78, 5) is 13.6. The van der Waals surface area contributed by atoms with E-state index in [1.807, 2.05) is 44.2 Å². The Bertz CT molecular complexity index is 1340. The highest BCUT2D eigenvalue weighted by Crippen LogP contribution is 2.44. The lowest BCUT2D eigenvalue weighted by molar-refractivity contribution is -0.115. The lowest BCUT2D eigenvalue weighted by Gasteiger charge is -2.10. The molecule has 3 aromatic carbocycles. The number of nitrogens with one attached hydrogen (secondary N) is 1. The molecule has 0 saturated carbocycles. The molecule has 2 N–H and O–H groups in total. The van der Waals surface area contributed by atoms with Crippen LogP contribution in [0.15, 0.2) is 71.1 Å². The first-order valence-corrected chi connectivity index (χ1v) is 12.0. The van der Waals surface area contributed by atoms with E-state index in [1.165, 1.54) is 18.2 Å². The maximum absolute atomic E-state index is 14.1. The third-order valence-electron chi connectivity index (χ3n) is 5.74. The highest BCUT2D eigenvalue weighted by atomic mass is 32.2. The van der Waals surface area contributed by atoms with Crippen molar-refractivity contribution in [3.63, 3.8) is 0 Å². The molecular formula is C27H24FNO3S. The summed E-state index contributed by atoms with van der Waals surface area (Å²) in [6.45, 7) is 3.80. The summed E-state index contributed by atoms with van der Waals surface area (Å²) < 4.78 is 25.8. The molecule has 0 aliphatic heterocycles. The van der Waals surface area contributed by atoms with E-state index in [1.54, 1.807) is 24.5 Å². The Morgan fingerprint density at radius 2 is 1.76 bits per heavy atom. The van der Waals surface area contributed by atoms with Crippen LogP contribution in [-0.2, 0) is 15.6 Å². The first kappa shape index (κ1) is 22.7. The van der Waals surface area contributed by atoms with E-state index in [0.29, 0.717) is 11.3 Å². The van der Waals surface area contributed by atoms with Crippen LogP contribution in [0.3, 0.4) is 0 Å². The summed E-state index contributed by atoms with van der Waals surface area (Å²) in [5.41, 5.74) is 6.27.